The summed E-state index contributed by atoms with van der Waals surface area (Å²) in [5.74, 6) is 0.653. The maximum Gasteiger partial charge on any atom is 0.129 e. The molecule has 66 valence electrons. The molecule has 0 amide bonds. The molecule has 0 aromatic carbocycles. The third-order valence-electron chi connectivity index (χ3n) is 2.76. The average molecular weight is 174 g/mol. The van der Waals surface area contributed by atoms with Crippen LogP contribution in [0.4, 0.5) is 0 Å². The first-order chi connectivity index (χ1) is 6.45. The van der Waals surface area contributed by atoms with Crippen molar-refractivity contribution in [1.82, 2.24) is 20.2 Å². The smallest absolute Gasteiger partial charge is 0.129 e. The van der Waals surface area contributed by atoms with E-state index in [1.54, 1.807) is 12.5 Å². The van der Waals surface area contributed by atoms with Crippen LogP contribution in [0.2, 0.25) is 0 Å². The first kappa shape index (κ1) is 7.00. The highest BCUT2D eigenvalue weighted by atomic mass is 15.1. The molecule has 1 fully saturated rings. The Morgan fingerprint density at radius 1 is 1.38 bits per heavy atom. The van der Waals surface area contributed by atoms with Crippen LogP contribution in [-0.4, -0.2) is 20.2 Å². The molecule has 0 atom stereocenters. The average Bonchev–Trinajstić information content (AvgIpc) is 2.47. The Hall–Kier alpha value is -1.45. The van der Waals surface area contributed by atoms with Crippen LogP contribution in [-0.2, 0) is 0 Å². The highest BCUT2D eigenvalue weighted by molar-refractivity contribution is 5.76. The number of nitrogens with zero attached hydrogens (tertiary/aromatic N) is 3. The van der Waals surface area contributed by atoms with Gasteiger partial charge in [0.2, 0.25) is 0 Å². The summed E-state index contributed by atoms with van der Waals surface area (Å²) in [5, 5.41) is 7.23. The minimum absolute atomic E-state index is 0.653. The summed E-state index contributed by atoms with van der Waals surface area (Å²) in [7, 11) is 0. The van der Waals surface area contributed by atoms with Crippen LogP contribution < -0.4 is 0 Å². The SMILES string of the molecule is c1ncc2n[nH]c(C3CCC3)c2n1. The molecule has 0 unspecified atom stereocenters. The van der Waals surface area contributed by atoms with Gasteiger partial charge in [0, 0.05) is 5.92 Å². The number of rotatable bonds is 1. The number of aromatic nitrogens is 4. The lowest BCUT2D eigenvalue weighted by molar-refractivity contribution is 0.412. The van der Waals surface area contributed by atoms with Gasteiger partial charge in [0.05, 0.1) is 11.9 Å². The molecule has 2 aromatic heterocycles. The summed E-state index contributed by atoms with van der Waals surface area (Å²) in [5.41, 5.74) is 3.08. The molecule has 0 radical (unpaired) electrons. The number of hydrogen-bond acceptors (Lipinski definition) is 3. The molecule has 1 aliphatic rings. The first-order valence-corrected chi connectivity index (χ1v) is 4.59. The van der Waals surface area contributed by atoms with Crippen LogP contribution in [0.5, 0.6) is 0 Å². The summed E-state index contributed by atoms with van der Waals surface area (Å²) in [6.07, 6.45) is 7.19. The van der Waals surface area contributed by atoms with Crippen LogP contribution in [0.25, 0.3) is 11.0 Å². The van der Waals surface area contributed by atoms with Crippen molar-refractivity contribution in [3.8, 4) is 0 Å². The standard InChI is InChI=1S/C9H10N4/c1-2-6(3-1)8-9-7(12-13-8)4-10-5-11-9/h4-6H,1-3H2,(H,12,13). The van der Waals surface area contributed by atoms with Gasteiger partial charge in [-0.15, -0.1) is 0 Å². The molecule has 0 bridgehead atoms. The van der Waals surface area contributed by atoms with E-state index >= 15 is 0 Å². The van der Waals surface area contributed by atoms with E-state index < -0.39 is 0 Å². The maximum atomic E-state index is 4.24. The zero-order valence-corrected chi connectivity index (χ0v) is 7.20. The van der Waals surface area contributed by atoms with Crippen molar-refractivity contribution in [1.29, 1.82) is 0 Å². The highest BCUT2D eigenvalue weighted by Crippen LogP contribution is 2.37. The van der Waals surface area contributed by atoms with Gasteiger partial charge in [-0.1, -0.05) is 6.42 Å². The van der Waals surface area contributed by atoms with Crippen LogP contribution in [0.3, 0.4) is 0 Å². The summed E-state index contributed by atoms with van der Waals surface area (Å²) in [4.78, 5) is 8.17. The van der Waals surface area contributed by atoms with E-state index in [4.69, 9.17) is 0 Å². The molecule has 0 saturated heterocycles. The highest BCUT2D eigenvalue weighted by Gasteiger charge is 2.23. The quantitative estimate of drug-likeness (QED) is 0.714. The molecule has 1 saturated carbocycles. The molecular formula is C9H10N4. The minimum Gasteiger partial charge on any atom is -0.279 e. The summed E-state index contributed by atoms with van der Waals surface area (Å²) in [6, 6.07) is 0. The zero-order chi connectivity index (χ0) is 8.67. The van der Waals surface area contributed by atoms with Crippen molar-refractivity contribution in [3.05, 3.63) is 18.2 Å². The summed E-state index contributed by atoms with van der Waals surface area (Å²) >= 11 is 0. The number of nitrogens with one attached hydrogen (secondary N) is 1. The van der Waals surface area contributed by atoms with Gasteiger partial charge in [-0.25, -0.2) is 9.97 Å². The van der Waals surface area contributed by atoms with Gasteiger partial charge in [-0.3, -0.25) is 5.10 Å². The predicted octanol–water partition coefficient (Wildman–Crippen LogP) is 1.62. The fraction of sp³-hybridized carbons (Fsp3) is 0.444. The lowest BCUT2D eigenvalue weighted by atomic mass is 9.83. The van der Waals surface area contributed by atoms with Gasteiger partial charge in [0.25, 0.3) is 0 Å². The van der Waals surface area contributed by atoms with Crippen molar-refractivity contribution in [2.75, 3.05) is 0 Å². The van der Waals surface area contributed by atoms with Gasteiger partial charge in [-0.05, 0) is 12.8 Å². The molecule has 4 heteroatoms. The lowest BCUT2D eigenvalue weighted by Crippen LogP contribution is -2.09. The third kappa shape index (κ3) is 0.946. The topological polar surface area (TPSA) is 54.5 Å². The molecule has 0 aliphatic heterocycles. The second-order valence-electron chi connectivity index (χ2n) is 3.52. The second-order valence-corrected chi connectivity index (χ2v) is 3.52. The van der Waals surface area contributed by atoms with Gasteiger partial charge in [0.15, 0.2) is 0 Å². The van der Waals surface area contributed by atoms with Crippen molar-refractivity contribution in [2.24, 2.45) is 0 Å². The van der Waals surface area contributed by atoms with Crippen LogP contribution in [0.1, 0.15) is 30.9 Å². The van der Waals surface area contributed by atoms with Gasteiger partial charge >= 0.3 is 0 Å². The van der Waals surface area contributed by atoms with Crippen LogP contribution in [0.15, 0.2) is 12.5 Å². The molecule has 13 heavy (non-hydrogen) atoms. The number of H-pyrrole nitrogens is 1. The first-order valence-electron chi connectivity index (χ1n) is 4.59. The second kappa shape index (κ2) is 2.52. The Bertz CT molecular complexity index is 430. The van der Waals surface area contributed by atoms with E-state index in [2.05, 4.69) is 20.2 Å². The van der Waals surface area contributed by atoms with E-state index in [-0.39, 0.29) is 0 Å². The molecular weight excluding hydrogens is 164 g/mol. The predicted molar refractivity (Wildman–Crippen MR) is 48.3 cm³/mol. The van der Waals surface area contributed by atoms with Gasteiger partial charge < -0.3 is 0 Å². The molecule has 2 heterocycles. The number of aromatic amines is 1. The van der Waals surface area contributed by atoms with Gasteiger partial charge in [0.1, 0.15) is 17.4 Å². The molecule has 1 N–H and O–H groups in total. The van der Waals surface area contributed by atoms with E-state index in [1.165, 1.54) is 25.0 Å². The van der Waals surface area contributed by atoms with Crippen LogP contribution in [0, 0.1) is 0 Å². The number of hydrogen-bond donors (Lipinski definition) is 1. The summed E-state index contributed by atoms with van der Waals surface area (Å²) in [6.45, 7) is 0. The molecule has 4 nitrogen and oxygen atoms in total. The Kier molecular flexibility index (Phi) is 1.36. The normalized spacial score (nSPS) is 17.5. The zero-order valence-electron chi connectivity index (χ0n) is 7.20. The number of fused-ring (bicyclic) bond motifs is 1. The van der Waals surface area contributed by atoms with Crippen molar-refractivity contribution in [3.63, 3.8) is 0 Å². The Morgan fingerprint density at radius 2 is 2.31 bits per heavy atom. The lowest BCUT2D eigenvalue weighted by Gasteiger charge is -2.23. The molecule has 1 aliphatic carbocycles. The monoisotopic (exact) mass is 174 g/mol. The molecule has 3 rings (SSSR count). The van der Waals surface area contributed by atoms with E-state index in [0.717, 1.165) is 11.0 Å². The third-order valence-corrected chi connectivity index (χ3v) is 2.76. The summed E-state index contributed by atoms with van der Waals surface area (Å²) < 4.78 is 0. The fourth-order valence-electron chi connectivity index (χ4n) is 1.77. The molecule has 2 aromatic rings. The van der Waals surface area contributed by atoms with Crippen molar-refractivity contribution >= 4 is 11.0 Å². The Balaban J connectivity index is 2.17. The molecule has 0 spiro atoms. The largest absolute Gasteiger partial charge is 0.279 e. The Labute approximate surface area is 75.4 Å². The van der Waals surface area contributed by atoms with Crippen molar-refractivity contribution < 1.29 is 0 Å². The van der Waals surface area contributed by atoms with E-state index in [1.807, 2.05) is 0 Å². The maximum absolute atomic E-state index is 4.24. The van der Waals surface area contributed by atoms with E-state index in [9.17, 15) is 0 Å². The van der Waals surface area contributed by atoms with Gasteiger partial charge in [-0.2, -0.15) is 5.10 Å². The Morgan fingerprint density at radius 3 is 3.08 bits per heavy atom. The minimum atomic E-state index is 0.653. The fourth-order valence-corrected chi connectivity index (χ4v) is 1.77. The van der Waals surface area contributed by atoms with Crippen LogP contribution >= 0.6 is 0 Å². The van der Waals surface area contributed by atoms with Crippen molar-refractivity contribution in [2.45, 2.75) is 25.2 Å². The van der Waals surface area contributed by atoms with E-state index in [0.29, 0.717) is 5.92 Å².